The molecular formula is C14H11IO. The molecule has 0 spiro atoms. The highest BCUT2D eigenvalue weighted by atomic mass is 127. The Morgan fingerprint density at radius 2 is 1.31 bits per heavy atom. The molecule has 0 bridgehead atoms. The Bertz CT molecular complexity index is 450. The highest BCUT2D eigenvalue weighted by Crippen LogP contribution is 2.12. The lowest BCUT2D eigenvalue weighted by molar-refractivity contribution is 0.103. The standard InChI is InChI=1S/C14H11IO/c1-10-2-4-11(5-3-10)14(16)12-6-8-13(15)9-7-12/h2-9H,1H3. The van der Waals surface area contributed by atoms with E-state index in [2.05, 4.69) is 22.6 Å². The molecule has 0 amide bonds. The van der Waals surface area contributed by atoms with Gasteiger partial charge in [-0.3, -0.25) is 4.79 Å². The molecule has 2 rings (SSSR count). The third kappa shape index (κ3) is 2.50. The summed E-state index contributed by atoms with van der Waals surface area (Å²) in [5, 5.41) is 0. The number of halogens is 1. The largest absolute Gasteiger partial charge is 0.289 e. The Morgan fingerprint density at radius 3 is 1.81 bits per heavy atom. The second kappa shape index (κ2) is 4.78. The van der Waals surface area contributed by atoms with Gasteiger partial charge in [0.05, 0.1) is 0 Å². The molecule has 0 unspecified atom stereocenters. The Kier molecular flexibility index (Phi) is 3.39. The maximum absolute atomic E-state index is 12.1. The van der Waals surface area contributed by atoms with E-state index in [1.165, 1.54) is 5.56 Å². The van der Waals surface area contributed by atoms with Gasteiger partial charge in [-0.15, -0.1) is 0 Å². The zero-order chi connectivity index (χ0) is 11.5. The number of rotatable bonds is 2. The van der Waals surface area contributed by atoms with Crippen LogP contribution >= 0.6 is 22.6 Å². The van der Waals surface area contributed by atoms with Crippen LogP contribution in [0.1, 0.15) is 21.5 Å². The fourth-order valence-corrected chi connectivity index (χ4v) is 1.83. The first-order chi connectivity index (χ1) is 7.66. The minimum absolute atomic E-state index is 0.0800. The van der Waals surface area contributed by atoms with Crippen LogP contribution in [-0.2, 0) is 0 Å². The Balaban J connectivity index is 2.32. The minimum Gasteiger partial charge on any atom is -0.289 e. The average Bonchev–Trinajstić information content (AvgIpc) is 2.30. The van der Waals surface area contributed by atoms with E-state index in [9.17, 15) is 4.79 Å². The second-order valence-electron chi connectivity index (χ2n) is 3.70. The van der Waals surface area contributed by atoms with Crippen molar-refractivity contribution in [3.05, 3.63) is 68.8 Å². The van der Waals surface area contributed by atoms with Crippen molar-refractivity contribution in [2.45, 2.75) is 6.92 Å². The third-order valence-electron chi connectivity index (χ3n) is 2.42. The van der Waals surface area contributed by atoms with Crippen molar-refractivity contribution in [2.75, 3.05) is 0 Å². The summed E-state index contributed by atoms with van der Waals surface area (Å²) in [6.45, 7) is 2.01. The van der Waals surface area contributed by atoms with E-state index in [1.54, 1.807) is 0 Å². The van der Waals surface area contributed by atoms with Crippen molar-refractivity contribution in [3.63, 3.8) is 0 Å². The summed E-state index contributed by atoms with van der Waals surface area (Å²) in [7, 11) is 0. The molecule has 0 aromatic heterocycles. The summed E-state index contributed by atoms with van der Waals surface area (Å²) in [5.41, 5.74) is 2.65. The SMILES string of the molecule is Cc1ccc(C(=O)c2ccc(I)cc2)cc1. The van der Waals surface area contributed by atoms with Gasteiger partial charge in [-0.05, 0) is 53.8 Å². The zero-order valence-corrected chi connectivity index (χ0v) is 11.1. The van der Waals surface area contributed by atoms with Crippen LogP contribution in [0.5, 0.6) is 0 Å². The summed E-state index contributed by atoms with van der Waals surface area (Å²) >= 11 is 2.23. The lowest BCUT2D eigenvalue weighted by Crippen LogP contribution is -2.00. The predicted molar refractivity (Wildman–Crippen MR) is 73.8 cm³/mol. The van der Waals surface area contributed by atoms with Crippen LogP contribution in [-0.4, -0.2) is 5.78 Å². The molecule has 0 aliphatic carbocycles. The molecule has 16 heavy (non-hydrogen) atoms. The smallest absolute Gasteiger partial charge is 0.193 e. The normalized spacial score (nSPS) is 10.1. The van der Waals surface area contributed by atoms with Crippen LogP contribution in [0.4, 0.5) is 0 Å². The van der Waals surface area contributed by atoms with Gasteiger partial charge in [-0.1, -0.05) is 29.8 Å². The van der Waals surface area contributed by atoms with Crippen molar-refractivity contribution < 1.29 is 4.79 Å². The van der Waals surface area contributed by atoms with Gasteiger partial charge in [-0.2, -0.15) is 0 Å². The molecule has 0 N–H and O–H groups in total. The molecular weight excluding hydrogens is 311 g/mol. The third-order valence-corrected chi connectivity index (χ3v) is 3.14. The number of hydrogen-bond acceptors (Lipinski definition) is 1. The van der Waals surface area contributed by atoms with Crippen LogP contribution in [0.25, 0.3) is 0 Å². The molecule has 0 aliphatic heterocycles. The first-order valence-corrected chi connectivity index (χ1v) is 6.11. The number of aryl methyl sites for hydroxylation is 1. The van der Waals surface area contributed by atoms with E-state index >= 15 is 0 Å². The number of benzene rings is 2. The Morgan fingerprint density at radius 1 is 0.875 bits per heavy atom. The van der Waals surface area contributed by atoms with Gasteiger partial charge in [0.2, 0.25) is 0 Å². The van der Waals surface area contributed by atoms with Gasteiger partial charge >= 0.3 is 0 Å². The molecule has 2 aromatic carbocycles. The van der Waals surface area contributed by atoms with Crippen LogP contribution in [0.3, 0.4) is 0 Å². The van der Waals surface area contributed by atoms with Crippen molar-refractivity contribution in [1.82, 2.24) is 0 Å². The van der Waals surface area contributed by atoms with Crippen LogP contribution in [0.15, 0.2) is 48.5 Å². The van der Waals surface area contributed by atoms with E-state index in [1.807, 2.05) is 55.5 Å². The first kappa shape index (κ1) is 11.3. The summed E-state index contributed by atoms with van der Waals surface area (Å²) < 4.78 is 1.14. The monoisotopic (exact) mass is 322 g/mol. The summed E-state index contributed by atoms with van der Waals surface area (Å²) in [4.78, 5) is 12.1. The van der Waals surface area contributed by atoms with Crippen LogP contribution < -0.4 is 0 Å². The molecule has 2 aromatic rings. The number of hydrogen-bond donors (Lipinski definition) is 0. The highest BCUT2D eigenvalue weighted by molar-refractivity contribution is 14.1. The van der Waals surface area contributed by atoms with Gasteiger partial charge in [0.25, 0.3) is 0 Å². The Hall–Kier alpha value is -1.16. The second-order valence-corrected chi connectivity index (χ2v) is 4.95. The van der Waals surface area contributed by atoms with Gasteiger partial charge < -0.3 is 0 Å². The topological polar surface area (TPSA) is 17.1 Å². The zero-order valence-electron chi connectivity index (χ0n) is 8.91. The average molecular weight is 322 g/mol. The minimum atomic E-state index is 0.0800. The Labute approximate surface area is 109 Å². The quantitative estimate of drug-likeness (QED) is 0.607. The summed E-state index contributed by atoms with van der Waals surface area (Å²) in [6.07, 6.45) is 0. The van der Waals surface area contributed by atoms with E-state index in [0.29, 0.717) is 0 Å². The van der Waals surface area contributed by atoms with Gasteiger partial charge in [0.15, 0.2) is 5.78 Å². The maximum Gasteiger partial charge on any atom is 0.193 e. The number of carbonyl (C=O) groups is 1. The molecule has 0 saturated carbocycles. The van der Waals surface area contributed by atoms with Crippen molar-refractivity contribution in [1.29, 1.82) is 0 Å². The molecule has 0 aliphatic rings. The van der Waals surface area contributed by atoms with E-state index in [-0.39, 0.29) is 5.78 Å². The predicted octanol–water partition coefficient (Wildman–Crippen LogP) is 3.83. The molecule has 0 radical (unpaired) electrons. The van der Waals surface area contributed by atoms with Crippen LogP contribution in [0.2, 0.25) is 0 Å². The highest BCUT2D eigenvalue weighted by Gasteiger charge is 2.07. The van der Waals surface area contributed by atoms with Crippen molar-refractivity contribution in [3.8, 4) is 0 Å². The molecule has 0 fully saturated rings. The van der Waals surface area contributed by atoms with Crippen LogP contribution in [0, 0.1) is 10.5 Å². The lowest BCUT2D eigenvalue weighted by atomic mass is 10.0. The van der Waals surface area contributed by atoms with Gasteiger partial charge in [-0.25, -0.2) is 0 Å². The maximum atomic E-state index is 12.1. The fraction of sp³-hybridized carbons (Fsp3) is 0.0714. The van der Waals surface area contributed by atoms with E-state index < -0.39 is 0 Å². The number of carbonyl (C=O) groups excluding carboxylic acids is 1. The fourth-order valence-electron chi connectivity index (χ4n) is 1.47. The molecule has 0 saturated heterocycles. The molecule has 0 heterocycles. The summed E-state index contributed by atoms with van der Waals surface area (Å²) in [6, 6.07) is 15.3. The lowest BCUT2D eigenvalue weighted by Gasteiger charge is -2.01. The van der Waals surface area contributed by atoms with E-state index in [0.717, 1.165) is 14.7 Å². The van der Waals surface area contributed by atoms with Crippen molar-refractivity contribution in [2.24, 2.45) is 0 Å². The molecule has 80 valence electrons. The number of ketones is 1. The molecule has 2 heteroatoms. The summed E-state index contributed by atoms with van der Waals surface area (Å²) in [5.74, 6) is 0.0800. The van der Waals surface area contributed by atoms with Crippen molar-refractivity contribution >= 4 is 28.4 Å². The molecule has 1 nitrogen and oxygen atoms in total. The van der Waals surface area contributed by atoms with Gasteiger partial charge in [0, 0.05) is 14.7 Å². The first-order valence-electron chi connectivity index (χ1n) is 5.04. The van der Waals surface area contributed by atoms with Gasteiger partial charge in [0.1, 0.15) is 0 Å². The van der Waals surface area contributed by atoms with E-state index in [4.69, 9.17) is 0 Å². The molecule has 0 atom stereocenters.